The van der Waals surface area contributed by atoms with Gasteiger partial charge >= 0.3 is 6.18 Å². The predicted molar refractivity (Wildman–Crippen MR) is 69.4 cm³/mol. The minimum Gasteiger partial charge on any atom is -0.398 e. The number of carbonyl (C=O) groups excluding carboxylic acids is 2. The molecule has 1 unspecified atom stereocenters. The van der Waals surface area contributed by atoms with E-state index in [9.17, 15) is 22.8 Å². The van der Waals surface area contributed by atoms with Crippen molar-refractivity contribution in [2.75, 3.05) is 12.3 Å². The monoisotopic (exact) mass is 301 g/mol. The lowest BCUT2D eigenvalue weighted by Gasteiger charge is -2.14. The largest absolute Gasteiger partial charge is 0.416 e. The molecule has 2 amide bonds. The molecule has 1 aromatic carbocycles. The summed E-state index contributed by atoms with van der Waals surface area (Å²) in [6.45, 7) is 0.153. The molecule has 1 saturated heterocycles. The average Bonchev–Trinajstić information content (AvgIpc) is 2.81. The van der Waals surface area contributed by atoms with Crippen LogP contribution in [-0.2, 0) is 11.0 Å². The van der Waals surface area contributed by atoms with Crippen molar-refractivity contribution in [3.05, 3.63) is 29.3 Å². The third kappa shape index (κ3) is 3.65. The second-order valence-electron chi connectivity index (χ2n) is 4.81. The SMILES string of the molecule is Nc1ccc(C(F)(F)F)cc1C(=O)NCC1CCC(=O)N1. The molecule has 114 valence electrons. The van der Waals surface area contributed by atoms with Gasteiger partial charge in [0.25, 0.3) is 5.91 Å². The van der Waals surface area contributed by atoms with E-state index in [0.717, 1.165) is 18.2 Å². The highest BCUT2D eigenvalue weighted by atomic mass is 19.4. The van der Waals surface area contributed by atoms with Gasteiger partial charge in [0, 0.05) is 24.7 Å². The maximum Gasteiger partial charge on any atom is 0.416 e. The van der Waals surface area contributed by atoms with Gasteiger partial charge in [-0.15, -0.1) is 0 Å². The Balaban J connectivity index is 2.06. The van der Waals surface area contributed by atoms with Crippen LogP contribution in [0.4, 0.5) is 18.9 Å². The number of hydrogen-bond donors (Lipinski definition) is 3. The van der Waals surface area contributed by atoms with Crippen LogP contribution in [-0.4, -0.2) is 24.4 Å². The molecule has 2 rings (SSSR count). The zero-order valence-corrected chi connectivity index (χ0v) is 11.0. The molecule has 0 radical (unpaired) electrons. The van der Waals surface area contributed by atoms with Crippen molar-refractivity contribution in [2.24, 2.45) is 0 Å². The lowest BCUT2D eigenvalue weighted by molar-refractivity contribution is -0.137. The van der Waals surface area contributed by atoms with E-state index in [4.69, 9.17) is 5.73 Å². The Kier molecular flexibility index (Phi) is 4.06. The van der Waals surface area contributed by atoms with E-state index in [1.54, 1.807) is 0 Å². The lowest BCUT2D eigenvalue weighted by atomic mass is 10.1. The Morgan fingerprint density at radius 2 is 2.14 bits per heavy atom. The minimum atomic E-state index is -4.54. The van der Waals surface area contributed by atoms with Crippen LogP contribution in [0.25, 0.3) is 0 Å². The highest BCUT2D eigenvalue weighted by molar-refractivity contribution is 5.99. The molecule has 5 nitrogen and oxygen atoms in total. The van der Waals surface area contributed by atoms with Crippen molar-refractivity contribution < 1.29 is 22.8 Å². The van der Waals surface area contributed by atoms with Crippen LogP contribution >= 0.6 is 0 Å². The first-order valence-corrected chi connectivity index (χ1v) is 6.31. The number of amides is 2. The van der Waals surface area contributed by atoms with E-state index in [-0.39, 0.29) is 29.7 Å². The van der Waals surface area contributed by atoms with Crippen molar-refractivity contribution in [2.45, 2.75) is 25.1 Å². The van der Waals surface area contributed by atoms with Gasteiger partial charge in [0.05, 0.1) is 11.1 Å². The van der Waals surface area contributed by atoms with Gasteiger partial charge in [-0.05, 0) is 24.6 Å². The Bertz CT molecular complexity index is 572. The molecule has 0 aromatic heterocycles. The lowest BCUT2D eigenvalue weighted by Crippen LogP contribution is -2.38. The molecule has 21 heavy (non-hydrogen) atoms. The van der Waals surface area contributed by atoms with Crippen molar-refractivity contribution in [3.63, 3.8) is 0 Å². The number of benzene rings is 1. The van der Waals surface area contributed by atoms with Gasteiger partial charge in [0.2, 0.25) is 5.91 Å². The Morgan fingerprint density at radius 3 is 2.71 bits per heavy atom. The van der Waals surface area contributed by atoms with E-state index in [2.05, 4.69) is 10.6 Å². The smallest absolute Gasteiger partial charge is 0.398 e. The van der Waals surface area contributed by atoms with Gasteiger partial charge < -0.3 is 16.4 Å². The fourth-order valence-electron chi connectivity index (χ4n) is 2.07. The minimum absolute atomic E-state index is 0.0315. The molecule has 0 saturated carbocycles. The molecule has 1 heterocycles. The summed E-state index contributed by atoms with van der Waals surface area (Å²) in [5.41, 5.74) is 4.35. The number of carbonyl (C=O) groups is 2. The number of nitrogen functional groups attached to an aromatic ring is 1. The Labute approximate surface area is 118 Å². The number of alkyl halides is 3. The molecule has 1 fully saturated rings. The van der Waals surface area contributed by atoms with Gasteiger partial charge in [0.15, 0.2) is 0 Å². The van der Waals surface area contributed by atoms with Crippen LogP contribution in [0.15, 0.2) is 18.2 Å². The Morgan fingerprint density at radius 1 is 1.43 bits per heavy atom. The zero-order valence-electron chi connectivity index (χ0n) is 11.0. The Hall–Kier alpha value is -2.25. The third-order valence-corrected chi connectivity index (χ3v) is 3.22. The average molecular weight is 301 g/mol. The molecule has 0 spiro atoms. The molecule has 1 aliphatic heterocycles. The summed E-state index contributed by atoms with van der Waals surface area (Å²) < 4.78 is 37.9. The first-order chi connectivity index (χ1) is 9.77. The van der Waals surface area contributed by atoms with E-state index in [1.165, 1.54) is 0 Å². The van der Waals surface area contributed by atoms with Crippen LogP contribution in [0.3, 0.4) is 0 Å². The fraction of sp³-hybridized carbons (Fsp3) is 0.385. The summed E-state index contributed by atoms with van der Waals surface area (Å²) in [4.78, 5) is 22.9. The van der Waals surface area contributed by atoms with Crippen LogP contribution in [0.1, 0.15) is 28.8 Å². The summed E-state index contributed by atoms with van der Waals surface area (Å²) in [5, 5.41) is 5.13. The van der Waals surface area contributed by atoms with Gasteiger partial charge in [-0.1, -0.05) is 0 Å². The quantitative estimate of drug-likeness (QED) is 0.736. The number of nitrogens with two attached hydrogens (primary N) is 1. The van der Waals surface area contributed by atoms with Crippen LogP contribution in [0, 0.1) is 0 Å². The maximum atomic E-state index is 12.6. The number of rotatable bonds is 3. The molecule has 0 aliphatic carbocycles. The van der Waals surface area contributed by atoms with Gasteiger partial charge in [0.1, 0.15) is 0 Å². The van der Waals surface area contributed by atoms with Crippen molar-refractivity contribution >= 4 is 17.5 Å². The third-order valence-electron chi connectivity index (χ3n) is 3.22. The number of hydrogen-bond acceptors (Lipinski definition) is 3. The number of anilines is 1. The van der Waals surface area contributed by atoms with Crippen LogP contribution in [0.2, 0.25) is 0 Å². The standard InChI is InChI=1S/C13H14F3N3O2/c14-13(15,16)7-1-3-10(17)9(5-7)12(21)18-6-8-2-4-11(20)19-8/h1,3,5,8H,2,4,6,17H2,(H,18,21)(H,19,20). The topological polar surface area (TPSA) is 84.2 Å². The van der Waals surface area contributed by atoms with Crippen molar-refractivity contribution in [1.82, 2.24) is 10.6 Å². The van der Waals surface area contributed by atoms with Crippen LogP contribution in [0.5, 0.6) is 0 Å². The highest BCUT2D eigenvalue weighted by Crippen LogP contribution is 2.31. The van der Waals surface area contributed by atoms with Gasteiger partial charge in [-0.25, -0.2) is 0 Å². The fourth-order valence-corrected chi connectivity index (χ4v) is 2.07. The highest BCUT2D eigenvalue weighted by Gasteiger charge is 2.31. The number of nitrogens with one attached hydrogen (secondary N) is 2. The first-order valence-electron chi connectivity index (χ1n) is 6.31. The second-order valence-corrected chi connectivity index (χ2v) is 4.81. The van der Waals surface area contributed by atoms with Gasteiger partial charge in [-0.3, -0.25) is 9.59 Å². The summed E-state index contributed by atoms with van der Waals surface area (Å²) >= 11 is 0. The van der Waals surface area contributed by atoms with E-state index in [0.29, 0.717) is 12.8 Å². The molecule has 1 atom stereocenters. The predicted octanol–water partition coefficient (Wildman–Crippen LogP) is 1.30. The number of halogens is 3. The summed E-state index contributed by atoms with van der Waals surface area (Å²) in [5.74, 6) is -0.799. The molecular weight excluding hydrogens is 287 g/mol. The zero-order chi connectivity index (χ0) is 15.6. The molecule has 1 aromatic rings. The van der Waals surface area contributed by atoms with E-state index >= 15 is 0 Å². The normalized spacial score (nSPS) is 18.4. The molecule has 1 aliphatic rings. The van der Waals surface area contributed by atoms with Crippen molar-refractivity contribution in [1.29, 1.82) is 0 Å². The summed E-state index contributed by atoms with van der Waals surface area (Å²) in [6.07, 6.45) is -3.58. The van der Waals surface area contributed by atoms with Crippen molar-refractivity contribution in [3.8, 4) is 0 Å². The molecule has 8 heteroatoms. The van der Waals surface area contributed by atoms with Gasteiger partial charge in [-0.2, -0.15) is 13.2 Å². The van der Waals surface area contributed by atoms with E-state index in [1.807, 2.05) is 0 Å². The summed E-state index contributed by atoms with van der Waals surface area (Å²) in [6, 6.07) is 2.39. The first kappa shape index (κ1) is 15.1. The molecule has 4 N–H and O–H groups in total. The second kappa shape index (κ2) is 5.63. The maximum absolute atomic E-state index is 12.6. The molecule has 0 bridgehead atoms. The van der Waals surface area contributed by atoms with E-state index < -0.39 is 17.6 Å². The summed E-state index contributed by atoms with van der Waals surface area (Å²) in [7, 11) is 0. The molecular formula is C13H14F3N3O2. The van der Waals surface area contributed by atoms with Crippen LogP contribution < -0.4 is 16.4 Å².